The molecule has 58 valence electrons. The van der Waals surface area contributed by atoms with Crippen molar-refractivity contribution >= 4 is 17.2 Å². The highest BCUT2D eigenvalue weighted by molar-refractivity contribution is 7.80. The molecule has 0 aliphatic carbocycles. The number of aliphatic hydroxyl groups is 1. The van der Waals surface area contributed by atoms with Crippen molar-refractivity contribution in [2.75, 3.05) is 0 Å². The maximum absolute atomic E-state index is 9.29. The molecule has 0 fully saturated rings. The van der Waals surface area contributed by atoms with Gasteiger partial charge in [-0.25, -0.2) is 0 Å². The third-order valence-corrected chi connectivity index (χ3v) is 1.49. The molecule has 1 rings (SSSR count). The van der Waals surface area contributed by atoms with Gasteiger partial charge < -0.3 is 10.8 Å². The molecule has 0 aliphatic heterocycles. The highest BCUT2D eigenvalue weighted by atomic mass is 32.1. The van der Waals surface area contributed by atoms with Crippen LogP contribution >= 0.6 is 12.2 Å². The van der Waals surface area contributed by atoms with Gasteiger partial charge in [0.1, 0.15) is 11.1 Å². The van der Waals surface area contributed by atoms with E-state index in [-0.39, 0.29) is 4.99 Å². The number of nitrogens with two attached hydrogens (primary N) is 1. The normalized spacial score (nSPS) is 12.5. The summed E-state index contributed by atoms with van der Waals surface area (Å²) in [6.45, 7) is 0. The van der Waals surface area contributed by atoms with Crippen LogP contribution < -0.4 is 5.73 Å². The Labute approximate surface area is 69.9 Å². The van der Waals surface area contributed by atoms with Gasteiger partial charge >= 0.3 is 0 Å². The second-order valence-corrected chi connectivity index (χ2v) is 2.56. The Morgan fingerprint density at radius 3 is 2.91 bits per heavy atom. The van der Waals surface area contributed by atoms with E-state index in [1.807, 2.05) is 0 Å². The molecule has 1 aromatic rings. The van der Waals surface area contributed by atoms with Crippen LogP contribution in [0, 0.1) is 0 Å². The predicted molar refractivity (Wildman–Crippen MR) is 46.0 cm³/mol. The number of aromatic nitrogens is 1. The van der Waals surface area contributed by atoms with Crippen molar-refractivity contribution in [3.63, 3.8) is 0 Å². The van der Waals surface area contributed by atoms with Gasteiger partial charge in [-0.3, -0.25) is 4.98 Å². The average molecular weight is 168 g/mol. The lowest BCUT2D eigenvalue weighted by Gasteiger charge is -2.06. The molecule has 0 saturated carbocycles. The van der Waals surface area contributed by atoms with Crippen LogP contribution in [-0.4, -0.2) is 15.1 Å². The molecule has 1 aromatic heterocycles. The van der Waals surface area contributed by atoms with Crippen molar-refractivity contribution in [3.8, 4) is 0 Å². The monoisotopic (exact) mass is 168 g/mol. The number of thiocarbonyl (C=S) groups is 1. The molecule has 0 spiro atoms. The van der Waals surface area contributed by atoms with Gasteiger partial charge in [0.25, 0.3) is 0 Å². The topological polar surface area (TPSA) is 59.1 Å². The highest BCUT2D eigenvalue weighted by Crippen LogP contribution is 2.09. The first-order valence-electron chi connectivity index (χ1n) is 3.09. The Balaban J connectivity index is 2.85. The van der Waals surface area contributed by atoms with E-state index in [0.717, 1.165) is 0 Å². The van der Waals surface area contributed by atoms with E-state index < -0.39 is 6.10 Å². The molecule has 11 heavy (non-hydrogen) atoms. The van der Waals surface area contributed by atoms with Gasteiger partial charge in [0.05, 0.1) is 0 Å². The number of pyridine rings is 1. The van der Waals surface area contributed by atoms with E-state index >= 15 is 0 Å². The maximum Gasteiger partial charge on any atom is 0.130 e. The first-order chi connectivity index (χ1) is 5.22. The van der Waals surface area contributed by atoms with Crippen molar-refractivity contribution < 1.29 is 5.11 Å². The van der Waals surface area contributed by atoms with Gasteiger partial charge in [-0.05, 0) is 6.07 Å². The summed E-state index contributed by atoms with van der Waals surface area (Å²) in [5.41, 5.74) is 5.85. The summed E-state index contributed by atoms with van der Waals surface area (Å²) < 4.78 is 0. The minimum atomic E-state index is -0.876. The molecular formula is C7H8N2OS. The summed E-state index contributed by atoms with van der Waals surface area (Å²) >= 11 is 4.60. The van der Waals surface area contributed by atoms with Gasteiger partial charge in [-0.1, -0.05) is 18.3 Å². The van der Waals surface area contributed by atoms with Gasteiger partial charge in [0.2, 0.25) is 0 Å². The number of nitrogens with zero attached hydrogens (tertiary/aromatic N) is 1. The zero-order valence-electron chi connectivity index (χ0n) is 5.77. The molecule has 3 nitrogen and oxygen atoms in total. The van der Waals surface area contributed by atoms with E-state index in [0.29, 0.717) is 5.56 Å². The fourth-order valence-electron chi connectivity index (χ4n) is 0.702. The third kappa shape index (κ3) is 1.96. The molecule has 0 bridgehead atoms. The minimum absolute atomic E-state index is 0.0676. The lowest BCUT2D eigenvalue weighted by atomic mass is 10.2. The summed E-state index contributed by atoms with van der Waals surface area (Å²) in [6, 6.07) is 3.44. The van der Waals surface area contributed by atoms with Crippen LogP contribution in [0.5, 0.6) is 0 Å². The Morgan fingerprint density at radius 2 is 2.45 bits per heavy atom. The van der Waals surface area contributed by atoms with Crippen molar-refractivity contribution in [2.45, 2.75) is 6.10 Å². The Kier molecular flexibility index (Phi) is 2.51. The van der Waals surface area contributed by atoms with Crippen LogP contribution in [0.1, 0.15) is 11.7 Å². The van der Waals surface area contributed by atoms with Crippen molar-refractivity contribution in [3.05, 3.63) is 30.1 Å². The Morgan fingerprint density at radius 1 is 1.73 bits per heavy atom. The number of rotatable bonds is 2. The molecule has 0 aromatic carbocycles. The molecule has 0 radical (unpaired) electrons. The molecule has 1 heterocycles. The van der Waals surface area contributed by atoms with Gasteiger partial charge in [0.15, 0.2) is 0 Å². The van der Waals surface area contributed by atoms with Crippen LogP contribution in [0.15, 0.2) is 24.5 Å². The van der Waals surface area contributed by atoms with E-state index in [4.69, 9.17) is 5.73 Å². The summed E-state index contributed by atoms with van der Waals surface area (Å²) in [5, 5.41) is 9.29. The fourth-order valence-corrected chi connectivity index (χ4v) is 0.838. The molecule has 0 amide bonds. The number of hydrogen-bond acceptors (Lipinski definition) is 3. The Bertz CT molecular complexity index is 250. The molecule has 4 heteroatoms. The van der Waals surface area contributed by atoms with E-state index in [9.17, 15) is 5.11 Å². The van der Waals surface area contributed by atoms with E-state index in [1.165, 1.54) is 6.20 Å². The van der Waals surface area contributed by atoms with Crippen LogP contribution in [0.3, 0.4) is 0 Å². The van der Waals surface area contributed by atoms with Gasteiger partial charge in [-0.15, -0.1) is 0 Å². The third-order valence-electron chi connectivity index (χ3n) is 1.27. The van der Waals surface area contributed by atoms with Gasteiger partial charge in [-0.2, -0.15) is 0 Å². The SMILES string of the molecule is NC(=S)C(O)c1cccnc1. The molecule has 1 unspecified atom stereocenters. The predicted octanol–water partition coefficient (Wildman–Crippen LogP) is 0.401. The summed E-state index contributed by atoms with van der Waals surface area (Å²) in [7, 11) is 0. The zero-order chi connectivity index (χ0) is 8.27. The molecule has 0 aliphatic rings. The minimum Gasteiger partial charge on any atom is -0.391 e. The Hall–Kier alpha value is -1.00. The molecule has 0 saturated heterocycles. The largest absolute Gasteiger partial charge is 0.391 e. The van der Waals surface area contributed by atoms with Crippen molar-refractivity contribution in [1.82, 2.24) is 4.98 Å². The van der Waals surface area contributed by atoms with E-state index in [2.05, 4.69) is 17.2 Å². The van der Waals surface area contributed by atoms with Crippen molar-refractivity contribution in [2.24, 2.45) is 5.73 Å². The van der Waals surface area contributed by atoms with Crippen molar-refractivity contribution in [1.29, 1.82) is 0 Å². The lowest BCUT2D eigenvalue weighted by Crippen LogP contribution is -2.18. The molecule has 1 atom stereocenters. The van der Waals surface area contributed by atoms with Gasteiger partial charge in [0, 0.05) is 18.0 Å². The quantitative estimate of drug-likeness (QED) is 0.628. The average Bonchev–Trinajstić information content (AvgIpc) is 2.05. The number of hydrogen-bond donors (Lipinski definition) is 2. The second-order valence-electron chi connectivity index (χ2n) is 2.09. The summed E-state index contributed by atoms with van der Waals surface area (Å²) in [4.78, 5) is 3.88. The lowest BCUT2D eigenvalue weighted by molar-refractivity contribution is 0.248. The second kappa shape index (κ2) is 3.41. The van der Waals surface area contributed by atoms with Crippen LogP contribution in [0.25, 0.3) is 0 Å². The molecule has 3 N–H and O–H groups in total. The smallest absolute Gasteiger partial charge is 0.130 e. The highest BCUT2D eigenvalue weighted by Gasteiger charge is 2.08. The first kappa shape index (κ1) is 8.10. The van der Waals surface area contributed by atoms with Crippen LogP contribution in [0.2, 0.25) is 0 Å². The standard InChI is InChI=1S/C7H8N2OS/c8-7(11)6(10)5-2-1-3-9-4-5/h1-4,6,10H,(H2,8,11). The summed E-state index contributed by atoms with van der Waals surface area (Å²) in [5.74, 6) is 0. The van der Waals surface area contributed by atoms with E-state index in [1.54, 1.807) is 18.3 Å². The fraction of sp³-hybridized carbons (Fsp3) is 0.143. The van der Waals surface area contributed by atoms with Crippen LogP contribution in [0.4, 0.5) is 0 Å². The first-order valence-corrected chi connectivity index (χ1v) is 3.50. The summed E-state index contributed by atoms with van der Waals surface area (Å²) in [6.07, 6.45) is 2.28. The zero-order valence-corrected chi connectivity index (χ0v) is 6.58. The number of aliphatic hydroxyl groups excluding tert-OH is 1. The molecular weight excluding hydrogens is 160 g/mol. The maximum atomic E-state index is 9.29. The van der Waals surface area contributed by atoms with Crippen LogP contribution in [-0.2, 0) is 0 Å².